The Morgan fingerprint density at radius 2 is 1.71 bits per heavy atom. The molecule has 0 aliphatic heterocycles. The number of ether oxygens (including phenoxy) is 1. The van der Waals surface area contributed by atoms with E-state index in [1.54, 1.807) is 24.3 Å². The number of hydrogen-bond acceptors (Lipinski definition) is 3. The van der Waals surface area contributed by atoms with Gasteiger partial charge >= 0.3 is 5.97 Å². The van der Waals surface area contributed by atoms with Gasteiger partial charge in [0, 0.05) is 12.3 Å². The van der Waals surface area contributed by atoms with Crippen LogP contribution in [0.2, 0.25) is 0 Å². The summed E-state index contributed by atoms with van der Waals surface area (Å²) < 4.78 is 5.53. The van der Waals surface area contributed by atoms with E-state index in [4.69, 9.17) is 11.2 Å². The number of esters is 1. The average molecular weight is 320 g/mol. The molecule has 0 aliphatic carbocycles. The molecule has 2 atom stereocenters. The molecule has 2 aromatic rings. The van der Waals surface area contributed by atoms with E-state index >= 15 is 0 Å². The second-order valence-corrected chi connectivity index (χ2v) is 5.55. The third-order valence-electron chi connectivity index (χ3n) is 3.83. The third kappa shape index (κ3) is 5.10. The van der Waals surface area contributed by atoms with Crippen molar-refractivity contribution in [3.8, 4) is 12.3 Å². The van der Waals surface area contributed by atoms with E-state index in [1.807, 2.05) is 36.4 Å². The standard InChI is InChI=1S/C21H20O3/c1-2-20(24-21(23)18-12-7-4-8-13-18)19(14-9-15-22)16-17-10-5-3-6-11-17/h1,3-8,10-13,15,19-20H,9,14,16H2. The van der Waals surface area contributed by atoms with Crippen molar-refractivity contribution in [3.05, 3.63) is 71.8 Å². The lowest BCUT2D eigenvalue weighted by atomic mass is 9.90. The first kappa shape index (κ1) is 17.5. The van der Waals surface area contributed by atoms with Crippen molar-refractivity contribution < 1.29 is 14.3 Å². The maximum Gasteiger partial charge on any atom is 0.339 e. The molecular formula is C21H20O3. The molecule has 3 heteroatoms. The summed E-state index contributed by atoms with van der Waals surface area (Å²) in [5.74, 6) is 2.03. The summed E-state index contributed by atoms with van der Waals surface area (Å²) >= 11 is 0. The van der Waals surface area contributed by atoms with Crippen LogP contribution in [0.25, 0.3) is 0 Å². The molecule has 2 rings (SSSR count). The largest absolute Gasteiger partial charge is 0.445 e. The number of terminal acetylenes is 1. The predicted octanol–water partition coefficient (Wildman–Crippen LogP) is 3.68. The van der Waals surface area contributed by atoms with Gasteiger partial charge in [-0.3, -0.25) is 0 Å². The molecule has 0 bridgehead atoms. The van der Waals surface area contributed by atoms with E-state index in [0.29, 0.717) is 24.8 Å². The number of rotatable bonds is 8. The van der Waals surface area contributed by atoms with Crippen LogP contribution >= 0.6 is 0 Å². The van der Waals surface area contributed by atoms with Crippen LogP contribution in [0.1, 0.15) is 28.8 Å². The zero-order valence-electron chi connectivity index (χ0n) is 13.4. The fraction of sp³-hybridized carbons (Fsp3) is 0.238. The predicted molar refractivity (Wildman–Crippen MR) is 93.4 cm³/mol. The fourth-order valence-electron chi connectivity index (χ4n) is 2.58. The number of aldehydes is 1. The van der Waals surface area contributed by atoms with E-state index in [0.717, 1.165) is 11.8 Å². The number of carbonyl (C=O) groups excluding carboxylic acids is 2. The molecule has 0 radical (unpaired) electrons. The lowest BCUT2D eigenvalue weighted by Gasteiger charge is -2.23. The first-order valence-corrected chi connectivity index (χ1v) is 7.94. The van der Waals surface area contributed by atoms with Crippen molar-refractivity contribution in [2.75, 3.05) is 0 Å². The molecular weight excluding hydrogens is 300 g/mol. The van der Waals surface area contributed by atoms with E-state index < -0.39 is 12.1 Å². The highest BCUT2D eigenvalue weighted by molar-refractivity contribution is 5.89. The van der Waals surface area contributed by atoms with Crippen LogP contribution in [0, 0.1) is 18.3 Å². The van der Waals surface area contributed by atoms with Crippen LogP contribution in [-0.4, -0.2) is 18.4 Å². The Hall–Kier alpha value is -2.86. The second-order valence-electron chi connectivity index (χ2n) is 5.55. The van der Waals surface area contributed by atoms with E-state index in [2.05, 4.69) is 5.92 Å². The number of carbonyl (C=O) groups is 2. The normalized spacial score (nSPS) is 12.6. The Morgan fingerprint density at radius 1 is 1.08 bits per heavy atom. The molecule has 0 saturated heterocycles. The van der Waals surface area contributed by atoms with Crippen LogP contribution in [0.5, 0.6) is 0 Å². The molecule has 0 aliphatic rings. The lowest BCUT2D eigenvalue weighted by Crippen LogP contribution is -2.27. The van der Waals surface area contributed by atoms with Gasteiger partial charge in [0.05, 0.1) is 5.56 Å². The average Bonchev–Trinajstić information content (AvgIpc) is 2.64. The highest BCUT2D eigenvalue weighted by Gasteiger charge is 2.24. The van der Waals surface area contributed by atoms with Crippen LogP contribution in [-0.2, 0) is 16.0 Å². The second kappa shape index (κ2) is 9.32. The van der Waals surface area contributed by atoms with Crippen molar-refractivity contribution in [1.29, 1.82) is 0 Å². The topological polar surface area (TPSA) is 43.4 Å². The molecule has 0 fully saturated rings. The Bertz CT molecular complexity index is 686. The van der Waals surface area contributed by atoms with Gasteiger partial charge in [0.25, 0.3) is 0 Å². The summed E-state index contributed by atoms with van der Waals surface area (Å²) in [6, 6.07) is 18.6. The molecule has 0 saturated carbocycles. The van der Waals surface area contributed by atoms with Gasteiger partial charge in [0.2, 0.25) is 0 Å². The number of hydrogen-bond donors (Lipinski definition) is 0. The van der Waals surface area contributed by atoms with Gasteiger partial charge in [-0.05, 0) is 30.5 Å². The maximum absolute atomic E-state index is 12.3. The Labute approximate surface area is 142 Å². The van der Waals surface area contributed by atoms with E-state index in [-0.39, 0.29) is 5.92 Å². The Morgan fingerprint density at radius 3 is 2.29 bits per heavy atom. The summed E-state index contributed by atoms with van der Waals surface area (Å²) in [5, 5.41) is 0. The van der Waals surface area contributed by atoms with Crippen molar-refractivity contribution in [2.45, 2.75) is 25.4 Å². The quantitative estimate of drug-likeness (QED) is 0.423. The lowest BCUT2D eigenvalue weighted by molar-refractivity contribution is -0.108. The van der Waals surface area contributed by atoms with Crippen LogP contribution in [0.3, 0.4) is 0 Å². The minimum Gasteiger partial charge on any atom is -0.445 e. The summed E-state index contributed by atoms with van der Waals surface area (Å²) in [4.78, 5) is 23.0. The van der Waals surface area contributed by atoms with Crippen molar-refractivity contribution >= 4 is 12.3 Å². The first-order chi connectivity index (χ1) is 11.7. The van der Waals surface area contributed by atoms with Crippen molar-refractivity contribution in [1.82, 2.24) is 0 Å². The molecule has 24 heavy (non-hydrogen) atoms. The van der Waals surface area contributed by atoms with Gasteiger partial charge < -0.3 is 9.53 Å². The molecule has 0 amide bonds. The van der Waals surface area contributed by atoms with Crippen LogP contribution in [0.4, 0.5) is 0 Å². The fourth-order valence-corrected chi connectivity index (χ4v) is 2.58. The van der Waals surface area contributed by atoms with Crippen molar-refractivity contribution in [3.63, 3.8) is 0 Å². The van der Waals surface area contributed by atoms with Gasteiger partial charge in [0.15, 0.2) is 6.10 Å². The van der Waals surface area contributed by atoms with Gasteiger partial charge in [0.1, 0.15) is 6.29 Å². The van der Waals surface area contributed by atoms with E-state index in [9.17, 15) is 9.59 Å². The zero-order valence-corrected chi connectivity index (χ0v) is 13.4. The molecule has 2 unspecified atom stereocenters. The van der Waals surface area contributed by atoms with Gasteiger partial charge in [-0.2, -0.15) is 0 Å². The van der Waals surface area contributed by atoms with Gasteiger partial charge in [-0.1, -0.05) is 54.5 Å². The monoisotopic (exact) mass is 320 g/mol. The first-order valence-electron chi connectivity index (χ1n) is 7.94. The zero-order chi connectivity index (χ0) is 17.2. The maximum atomic E-state index is 12.3. The molecule has 0 aromatic heterocycles. The smallest absolute Gasteiger partial charge is 0.339 e. The molecule has 0 N–H and O–H groups in total. The van der Waals surface area contributed by atoms with Crippen LogP contribution in [0.15, 0.2) is 60.7 Å². The molecule has 0 spiro atoms. The SMILES string of the molecule is C#CC(OC(=O)c1ccccc1)C(CCC=O)Cc1ccccc1. The summed E-state index contributed by atoms with van der Waals surface area (Å²) in [6.07, 6.45) is 7.43. The van der Waals surface area contributed by atoms with Gasteiger partial charge in [-0.15, -0.1) is 6.42 Å². The molecule has 122 valence electrons. The Balaban J connectivity index is 2.11. The minimum absolute atomic E-state index is 0.102. The Kier molecular flexibility index (Phi) is 6.79. The van der Waals surface area contributed by atoms with Crippen molar-refractivity contribution in [2.24, 2.45) is 5.92 Å². The van der Waals surface area contributed by atoms with Gasteiger partial charge in [-0.25, -0.2) is 4.79 Å². The van der Waals surface area contributed by atoms with Crippen LogP contribution < -0.4 is 0 Å². The summed E-state index contributed by atoms with van der Waals surface area (Å²) in [5.41, 5.74) is 1.57. The highest BCUT2D eigenvalue weighted by atomic mass is 16.5. The molecule has 3 nitrogen and oxygen atoms in total. The third-order valence-corrected chi connectivity index (χ3v) is 3.83. The number of benzene rings is 2. The molecule has 2 aromatic carbocycles. The minimum atomic E-state index is -0.669. The highest BCUT2D eigenvalue weighted by Crippen LogP contribution is 2.21. The van der Waals surface area contributed by atoms with E-state index in [1.165, 1.54) is 0 Å². The summed E-state index contributed by atoms with van der Waals surface area (Å²) in [6.45, 7) is 0. The summed E-state index contributed by atoms with van der Waals surface area (Å²) in [7, 11) is 0. The molecule has 0 heterocycles.